The Hall–Kier alpha value is -2.38. The Morgan fingerprint density at radius 3 is 2.83 bits per heavy atom. The molecule has 1 spiro atoms. The molecule has 2 aliphatic rings. The van der Waals surface area contributed by atoms with Gasteiger partial charge < -0.3 is 25.8 Å². The molecule has 0 aliphatic carbocycles. The maximum absolute atomic E-state index is 10.0. The number of rotatable bonds is 2. The first-order valence-electron chi connectivity index (χ1n) is 7.66. The zero-order chi connectivity index (χ0) is 15.9. The predicted octanol–water partition coefficient (Wildman–Crippen LogP) is 0.610. The summed E-state index contributed by atoms with van der Waals surface area (Å²) in [5.41, 5.74) is 8.19. The molecule has 4 rings (SSSR count). The summed E-state index contributed by atoms with van der Waals surface area (Å²) in [4.78, 5) is 2.21. The summed E-state index contributed by atoms with van der Waals surface area (Å²) in [5.74, 6) is 0.586. The van der Waals surface area contributed by atoms with Gasteiger partial charge in [-0.3, -0.25) is 0 Å². The second kappa shape index (κ2) is 5.36. The van der Waals surface area contributed by atoms with Crippen LogP contribution in [0.2, 0.25) is 0 Å². The van der Waals surface area contributed by atoms with Crippen molar-refractivity contribution < 1.29 is 9.84 Å². The van der Waals surface area contributed by atoms with Crippen LogP contribution in [0.15, 0.2) is 30.3 Å². The van der Waals surface area contributed by atoms with E-state index in [0.717, 1.165) is 25.3 Å². The summed E-state index contributed by atoms with van der Waals surface area (Å²) < 4.78 is 5.36. The van der Waals surface area contributed by atoms with Crippen LogP contribution in [0, 0.1) is 0 Å². The van der Waals surface area contributed by atoms with Crippen molar-refractivity contribution in [1.29, 1.82) is 0 Å². The lowest BCUT2D eigenvalue weighted by Gasteiger charge is -2.49. The summed E-state index contributed by atoms with van der Waals surface area (Å²) in [6, 6.07) is 8.99. The number of nitrogens with zero attached hydrogens (tertiary/aromatic N) is 3. The van der Waals surface area contributed by atoms with Gasteiger partial charge in [-0.25, -0.2) is 0 Å². The Balaban J connectivity index is 1.68. The van der Waals surface area contributed by atoms with E-state index in [4.69, 9.17) is 10.5 Å². The average molecular weight is 313 g/mol. The molecule has 120 valence electrons. The van der Waals surface area contributed by atoms with Crippen molar-refractivity contribution in [3.8, 4) is 17.0 Å². The number of phenolic OH excluding ortho intramolecular Hbond substituents is 1. The highest BCUT2D eigenvalue weighted by molar-refractivity contribution is 5.74. The molecular weight excluding hydrogens is 294 g/mol. The molecule has 2 fully saturated rings. The Morgan fingerprint density at radius 2 is 2.09 bits per heavy atom. The number of nitrogens with two attached hydrogens (primary N) is 1. The number of hydrogen-bond acceptors (Lipinski definition) is 7. The molecule has 3 heterocycles. The molecule has 7 nitrogen and oxygen atoms in total. The van der Waals surface area contributed by atoms with Gasteiger partial charge in [0, 0.05) is 25.2 Å². The lowest BCUT2D eigenvalue weighted by molar-refractivity contribution is -0.0742. The fraction of sp³-hybridized carbons (Fsp3) is 0.375. The van der Waals surface area contributed by atoms with Gasteiger partial charge >= 0.3 is 0 Å². The normalized spacial score (nSPS) is 19.6. The number of ether oxygens (including phenoxy) is 1. The number of aromatic nitrogens is 2. The number of nitrogen functional groups attached to an aromatic ring is 1. The van der Waals surface area contributed by atoms with Gasteiger partial charge in [-0.15, -0.1) is 10.2 Å². The number of para-hydroxylation sites is 1. The van der Waals surface area contributed by atoms with Crippen LogP contribution in [0.3, 0.4) is 0 Å². The van der Waals surface area contributed by atoms with Crippen LogP contribution in [0.4, 0.5) is 11.5 Å². The van der Waals surface area contributed by atoms with Crippen molar-refractivity contribution in [3.63, 3.8) is 0 Å². The summed E-state index contributed by atoms with van der Waals surface area (Å²) in [7, 11) is 0. The molecule has 1 aromatic heterocycles. The topological polar surface area (TPSA) is 96.5 Å². The maximum atomic E-state index is 10.0. The molecule has 2 aliphatic heterocycles. The van der Waals surface area contributed by atoms with Crippen LogP contribution in [0.1, 0.15) is 0 Å². The zero-order valence-corrected chi connectivity index (χ0v) is 12.7. The minimum atomic E-state index is 0.0169. The third-order valence-electron chi connectivity index (χ3n) is 4.45. The highest BCUT2D eigenvalue weighted by atomic mass is 16.5. The van der Waals surface area contributed by atoms with E-state index in [9.17, 15) is 5.11 Å². The van der Waals surface area contributed by atoms with Gasteiger partial charge in [0.05, 0.1) is 30.1 Å². The highest BCUT2D eigenvalue weighted by Gasteiger charge is 2.42. The number of phenols is 1. The average Bonchev–Trinajstić information content (AvgIpc) is 2.55. The van der Waals surface area contributed by atoms with Gasteiger partial charge in [0.1, 0.15) is 5.75 Å². The molecular formula is C16H19N5O2. The molecule has 0 saturated carbocycles. The Kier molecular flexibility index (Phi) is 3.32. The third kappa shape index (κ3) is 2.47. The second-order valence-corrected chi connectivity index (χ2v) is 6.14. The number of anilines is 2. The lowest BCUT2D eigenvalue weighted by Crippen LogP contribution is -2.70. The van der Waals surface area contributed by atoms with Gasteiger partial charge in [-0.2, -0.15) is 0 Å². The van der Waals surface area contributed by atoms with Crippen molar-refractivity contribution in [2.45, 2.75) is 5.54 Å². The van der Waals surface area contributed by atoms with E-state index in [-0.39, 0.29) is 11.3 Å². The molecule has 7 heteroatoms. The minimum absolute atomic E-state index is 0.0169. The molecule has 0 bridgehead atoms. The van der Waals surface area contributed by atoms with Crippen molar-refractivity contribution in [2.24, 2.45) is 0 Å². The summed E-state index contributed by atoms with van der Waals surface area (Å²) in [6.45, 7) is 3.97. The Morgan fingerprint density at radius 1 is 1.26 bits per heavy atom. The van der Waals surface area contributed by atoms with E-state index >= 15 is 0 Å². The third-order valence-corrected chi connectivity index (χ3v) is 4.45. The predicted molar refractivity (Wildman–Crippen MR) is 87.3 cm³/mol. The van der Waals surface area contributed by atoms with Gasteiger partial charge in [0.15, 0.2) is 5.82 Å². The van der Waals surface area contributed by atoms with Crippen LogP contribution in [0.5, 0.6) is 5.75 Å². The number of hydrogen-bond donors (Lipinski definition) is 3. The largest absolute Gasteiger partial charge is 0.507 e. The van der Waals surface area contributed by atoms with Crippen LogP contribution in [0.25, 0.3) is 11.3 Å². The van der Waals surface area contributed by atoms with E-state index in [1.54, 1.807) is 12.1 Å². The van der Waals surface area contributed by atoms with Crippen LogP contribution < -0.4 is 16.0 Å². The molecule has 23 heavy (non-hydrogen) atoms. The van der Waals surface area contributed by atoms with Gasteiger partial charge in [-0.05, 0) is 18.2 Å². The van der Waals surface area contributed by atoms with Gasteiger partial charge in [0.25, 0.3) is 0 Å². The first-order chi connectivity index (χ1) is 11.2. The van der Waals surface area contributed by atoms with Gasteiger partial charge in [-0.1, -0.05) is 12.1 Å². The fourth-order valence-corrected chi connectivity index (χ4v) is 3.17. The first kappa shape index (κ1) is 14.2. The summed E-state index contributed by atoms with van der Waals surface area (Å²) in [6.07, 6.45) is 0. The van der Waals surface area contributed by atoms with Crippen molar-refractivity contribution in [3.05, 3.63) is 30.3 Å². The molecule has 4 N–H and O–H groups in total. The van der Waals surface area contributed by atoms with Crippen molar-refractivity contribution in [1.82, 2.24) is 15.5 Å². The summed E-state index contributed by atoms with van der Waals surface area (Å²) in [5, 5.41) is 21.8. The lowest BCUT2D eigenvalue weighted by atomic mass is 9.94. The molecule has 0 radical (unpaired) electrons. The number of benzene rings is 1. The quantitative estimate of drug-likeness (QED) is 0.747. The van der Waals surface area contributed by atoms with Crippen LogP contribution in [-0.4, -0.2) is 53.7 Å². The van der Waals surface area contributed by atoms with E-state index in [2.05, 4.69) is 20.4 Å². The second-order valence-electron chi connectivity index (χ2n) is 6.14. The number of aromatic hydroxyl groups is 1. The molecule has 2 aromatic rings. The monoisotopic (exact) mass is 313 g/mol. The SMILES string of the molecule is Nc1nnc(-c2ccccc2O)cc1N1CCNC2(COC2)C1. The molecule has 0 atom stereocenters. The zero-order valence-electron chi connectivity index (χ0n) is 12.7. The molecule has 0 amide bonds. The highest BCUT2D eigenvalue weighted by Crippen LogP contribution is 2.33. The standard InChI is InChI=1S/C16H19N5O2/c17-15-13(21-6-5-18-16(8-21)9-23-10-16)7-12(19-20-15)11-3-1-2-4-14(11)22/h1-4,7,18,22H,5-6,8-10H2,(H2,17,20). The van der Waals surface area contributed by atoms with Crippen molar-refractivity contribution in [2.75, 3.05) is 43.5 Å². The van der Waals surface area contributed by atoms with E-state index in [0.29, 0.717) is 30.3 Å². The van der Waals surface area contributed by atoms with Crippen molar-refractivity contribution >= 4 is 11.5 Å². The first-order valence-corrected chi connectivity index (χ1v) is 7.66. The molecule has 0 unspecified atom stereocenters. The smallest absolute Gasteiger partial charge is 0.169 e. The Labute approximate surface area is 134 Å². The van der Waals surface area contributed by atoms with E-state index in [1.807, 2.05) is 18.2 Å². The minimum Gasteiger partial charge on any atom is -0.507 e. The van der Waals surface area contributed by atoms with Crippen LogP contribution in [-0.2, 0) is 4.74 Å². The van der Waals surface area contributed by atoms with E-state index in [1.165, 1.54) is 0 Å². The maximum Gasteiger partial charge on any atom is 0.169 e. The fourth-order valence-electron chi connectivity index (χ4n) is 3.17. The Bertz CT molecular complexity index is 732. The molecule has 1 aromatic carbocycles. The number of nitrogens with one attached hydrogen (secondary N) is 1. The summed E-state index contributed by atoms with van der Waals surface area (Å²) >= 11 is 0. The molecule has 2 saturated heterocycles. The van der Waals surface area contributed by atoms with E-state index < -0.39 is 0 Å². The van der Waals surface area contributed by atoms with Crippen LogP contribution >= 0.6 is 0 Å². The number of piperazine rings is 1. The van der Waals surface area contributed by atoms with Gasteiger partial charge in [0.2, 0.25) is 0 Å².